The molecular formula is C28H38N2O14S. The van der Waals surface area contributed by atoms with E-state index in [1.54, 1.807) is 33.8 Å². The minimum Gasteiger partial charge on any atom is -0.480 e. The molecule has 0 bridgehead atoms. The molecule has 0 saturated carbocycles. The SMILES string of the molecule is CC(=O)OC[C@H]1O[C@@H](NC(=O)C[C@H](NS(=O)(=O)c2c(C)cc(C)c(C)c2C)C(=O)O)[C@H](OC(C)=O)[C@@H](OC(C)=O)[C@@H]1OC(C)=O. The summed E-state index contributed by atoms with van der Waals surface area (Å²) in [5, 5.41) is 12.1. The van der Waals surface area contributed by atoms with Crippen molar-refractivity contribution in [3.8, 4) is 0 Å². The monoisotopic (exact) mass is 658 g/mol. The molecular weight excluding hydrogens is 620 g/mol. The molecule has 0 spiro atoms. The Morgan fingerprint density at radius 3 is 1.87 bits per heavy atom. The van der Waals surface area contributed by atoms with Crippen LogP contribution in [0.3, 0.4) is 0 Å². The summed E-state index contributed by atoms with van der Waals surface area (Å²) in [4.78, 5) is 72.5. The van der Waals surface area contributed by atoms with E-state index in [4.69, 9.17) is 23.7 Å². The highest BCUT2D eigenvalue weighted by Gasteiger charge is 2.52. The van der Waals surface area contributed by atoms with E-state index in [0.29, 0.717) is 16.7 Å². The molecule has 17 heteroatoms. The van der Waals surface area contributed by atoms with Crippen molar-refractivity contribution in [2.24, 2.45) is 0 Å². The lowest BCUT2D eigenvalue weighted by molar-refractivity contribution is -0.257. The Morgan fingerprint density at radius 2 is 1.36 bits per heavy atom. The minimum atomic E-state index is -4.44. The molecule has 6 atom stereocenters. The van der Waals surface area contributed by atoms with Crippen LogP contribution in [0.15, 0.2) is 11.0 Å². The van der Waals surface area contributed by atoms with Gasteiger partial charge in [-0.1, -0.05) is 6.07 Å². The highest BCUT2D eigenvalue weighted by molar-refractivity contribution is 7.89. The highest BCUT2D eigenvalue weighted by Crippen LogP contribution is 2.29. The maximum absolute atomic E-state index is 13.3. The van der Waals surface area contributed by atoms with Gasteiger partial charge in [-0.15, -0.1) is 0 Å². The smallest absolute Gasteiger partial charge is 0.322 e. The maximum atomic E-state index is 13.3. The van der Waals surface area contributed by atoms with Crippen molar-refractivity contribution in [3.05, 3.63) is 28.3 Å². The molecule has 16 nitrogen and oxygen atoms in total. The zero-order valence-corrected chi connectivity index (χ0v) is 26.9. The number of carboxylic acid groups (broad SMARTS) is 1. The molecule has 1 saturated heterocycles. The van der Waals surface area contributed by atoms with Crippen LogP contribution in [0.4, 0.5) is 0 Å². The molecule has 1 aliphatic rings. The average molecular weight is 659 g/mol. The number of esters is 4. The zero-order chi connectivity index (χ0) is 34.4. The van der Waals surface area contributed by atoms with Crippen LogP contribution < -0.4 is 10.0 Å². The molecule has 45 heavy (non-hydrogen) atoms. The fourth-order valence-corrected chi connectivity index (χ4v) is 6.56. The molecule has 0 aromatic heterocycles. The van der Waals surface area contributed by atoms with E-state index in [9.17, 15) is 42.3 Å². The lowest BCUT2D eigenvalue weighted by Gasteiger charge is -2.44. The number of hydrogen-bond donors (Lipinski definition) is 3. The van der Waals surface area contributed by atoms with Crippen LogP contribution in [-0.2, 0) is 62.5 Å². The van der Waals surface area contributed by atoms with Crippen LogP contribution in [-0.4, -0.2) is 92.6 Å². The largest absolute Gasteiger partial charge is 0.480 e. The number of amides is 1. The topological polar surface area (TPSA) is 227 Å². The number of ether oxygens (including phenoxy) is 5. The number of carboxylic acids is 1. The van der Waals surface area contributed by atoms with E-state index in [0.717, 1.165) is 33.3 Å². The van der Waals surface area contributed by atoms with Crippen molar-refractivity contribution in [1.82, 2.24) is 10.0 Å². The number of aryl methyl sites for hydroxylation is 2. The standard InChI is InChI=1S/C28H38N2O14S/c1-12-9-13(2)26(15(4)14(12)3)45(38,39)30-20(28(36)37)10-22(35)29-27-25(43-19(8)34)24(42-18(7)33)23(41-17(6)32)21(44-27)11-40-16(5)31/h9,20-21,23-25,27,30H,10-11H2,1-8H3,(H,29,35)(H,36,37)/t20-,21+,23+,24-,25+,27+/m0/s1. The number of hydrogen-bond acceptors (Lipinski definition) is 13. The molecule has 1 heterocycles. The van der Waals surface area contributed by atoms with Crippen LogP contribution in [0.2, 0.25) is 0 Å². The molecule has 0 unspecified atom stereocenters. The second-order valence-corrected chi connectivity index (χ2v) is 12.1. The number of rotatable bonds is 12. The normalized spacial score (nSPS) is 22.0. The van der Waals surface area contributed by atoms with Gasteiger partial charge in [0.15, 0.2) is 24.5 Å². The summed E-state index contributed by atoms with van der Waals surface area (Å²) in [5.41, 5.74) is 2.30. The predicted molar refractivity (Wildman–Crippen MR) is 152 cm³/mol. The number of benzene rings is 1. The Labute approximate surface area is 260 Å². The molecule has 1 amide bonds. The van der Waals surface area contributed by atoms with Crippen LogP contribution in [0.1, 0.15) is 56.4 Å². The van der Waals surface area contributed by atoms with Crippen LogP contribution in [0.5, 0.6) is 0 Å². The first-order valence-corrected chi connectivity index (χ1v) is 15.2. The first-order chi connectivity index (χ1) is 20.7. The van der Waals surface area contributed by atoms with Gasteiger partial charge >= 0.3 is 29.8 Å². The molecule has 1 aliphatic heterocycles. The Morgan fingerprint density at radius 1 is 0.822 bits per heavy atom. The van der Waals surface area contributed by atoms with Crippen molar-refractivity contribution in [2.45, 2.75) is 103 Å². The van der Waals surface area contributed by atoms with Crippen molar-refractivity contribution in [2.75, 3.05) is 6.61 Å². The van der Waals surface area contributed by atoms with E-state index in [2.05, 4.69) is 10.0 Å². The van der Waals surface area contributed by atoms with E-state index in [-0.39, 0.29) is 4.90 Å². The lowest BCUT2D eigenvalue weighted by Crippen LogP contribution is -2.66. The predicted octanol–water partition coefficient (Wildman–Crippen LogP) is 0.241. The first-order valence-electron chi connectivity index (χ1n) is 13.7. The second kappa shape index (κ2) is 15.3. The molecule has 1 aromatic carbocycles. The van der Waals surface area contributed by atoms with Gasteiger partial charge in [-0.25, -0.2) is 8.42 Å². The van der Waals surface area contributed by atoms with Crippen LogP contribution in [0.25, 0.3) is 0 Å². The van der Waals surface area contributed by atoms with Gasteiger partial charge in [-0.3, -0.25) is 28.8 Å². The van der Waals surface area contributed by atoms with E-state index in [1.807, 2.05) is 0 Å². The highest BCUT2D eigenvalue weighted by atomic mass is 32.2. The average Bonchev–Trinajstić information content (AvgIpc) is 2.88. The van der Waals surface area contributed by atoms with Crippen LogP contribution in [0, 0.1) is 27.7 Å². The summed E-state index contributed by atoms with van der Waals surface area (Å²) in [5.74, 6) is -6.18. The summed E-state index contributed by atoms with van der Waals surface area (Å²) < 4.78 is 55.2. The second-order valence-electron chi connectivity index (χ2n) is 10.5. The van der Waals surface area contributed by atoms with Crippen molar-refractivity contribution >= 4 is 45.8 Å². The Hall–Kier alpha value is -4.09. The summed E-state index contributed by atoms with van der Waals surface area (Å²) in [6.07, 6.45) is -8.71. The fraction of sp³-hybridized carbons (Fsp3) is 0.571. The molecule has 1 fully saturated rings. The maximum Gasteiger partial charge on any atom is 0.322 e. The summed E-state index contributed by atoms with van der Waals surface area (Å²) in [7, 11) is -4.44. The first kappa shape index (κ1) is 37.1. The number of carbonyl (C=O) groups is 6. The minimum absolute atomic E-state index is 0.128. The quantitative estimate of drug-likeness (QED) is 0.202. The number of nitrogens with one attached hydrogen (secondary N) is 2. The number of carbonyl (C=O) groups excluding carboxylic acids is 5. The van der Waals surface area contributed by atoms with Crippen LogP contribution >= 0.6 is 0 Å². The van der Waals surface area contributed by atoms with Gasteiger partial charge < -0.3 is 34.1 Å². The summed E-state index contributed by atoms with van der Waals surface area (Å²) in [6, 6.07) is -0.315. The zero-order valence-electron chi connectivity index (χ0n) is 26.1. The number of sulfonamides is 1. The van der Waals surface area contributed by atoms with Crippen molar-refractivity contribution in [3.63, 3.8) is 0 Å². The molecule has 250 valence electrons. The van der Waals surface area contributed by atoms with Gasteiger partial charge in [0.1, 0.15) is 18.8 Å². The van der Waals surface area contributed by atoms with Gasteiger partial charge in [-0.05, 0) is 49.9 Å². The van der Waals surface area contributed by atoms with Gasteiger partial charge in [0, 0.05) is 27.7 Å². The van der Waals surface area contributed by atoms with Gasteiger partial charge in [0.25, 0.3) is 0 Å². The van der Waals surface area contributed by atoms with Gasteiger partial charge in [0.05, 0.1) is 11.3 Å². The molecule has 1 aromatic rings. The van der Waals surface area contributed by atoms with Crippen molar-refractivity contribution < 1.29 is 66.0 Å². The van der Waals surface area contributed by atoms with E-state index < -0.39 is 95.5 Å². The van der Waals surface area contributed by atoms with E-state index >= 15 is 0 Å². The van der Waals surface area contributed by atoms with E-state index in [1.165, 1.54) is 0 Å². The third kappa shape index (κ3) is 9.95. The molecule has 3 N–H and O–H groups in total. The summed E-state index contributed by atoms with van der Waals surface area (Å²) in [6.45, 7) is 10.2. The molecule has 2 rings (SSSR count). The third-order valence-corrected chi connectivity index (χ3v) is 8.59. The molecule has 0 radical (unpaired) electrons. The Bertz CT molecular complexity index is 1460. The fourth-order valence-electron chi connectivity index (χ4n) is 4.85. The summed E-state index contributed by atoms with van der Waals surface area (Å²) >= 11 is 0. The number of aliphatic carboxylic acids is 1. The van der Waals surface area contributed by atoms with Gasteiger partial charge in [0.2, 0.25) is 15.9 Å². The molecule has 0 aliphatic carbocycles. The van der Waals surface area contributed by atoms with Crippen molar-refractivity contribution in [1.29, 1.82) is 0 Å². The Balaban J connectivity index is 2.43. The Kier molecular flexibility index (Phi) is 12.6. The lowest BCUT2D eigenvalue weighted by atomic mass is 9.97. The third-order valence-electron chi connectivity index (χ3n) is 6.83. The van der Waals surface area contributed by atoms with Gasteiger partial charge in [-0.2, -0.15) is 4.72 Å².